The van der Waals surface area contributed by atoms with E-state index in [0.717, 1.165) is 44.0 Å². The van der Waals surface area contributed by atoms with Crippen LogP contribution < -0.4 is 10.6 Å². The van der Waals surface area contributed by atoms with E-state index in [1.54, 1.807) is 17.7 Å². The Balaban J connectivity index is 1.98. The van der Waals surface area contributed by atoms with Gasteiger partial charge in [0.05, 0.1) is 3.79 Å². The van der Waals surface area contributed by atoms with Crippen molar-refractivity contribution < 1.29 is 0 Å². The summed E-state index contributed by atoms with van der Waals surface area (Å²) in [7, 11) is 0. The van der Waals surface area contributed by atoms with Gasteiger partial charge >= 0.3 is 0 Å². The van der Waals surface area contributed by atoms with Gasteiger partial charge in [-0.25, -0.2) is 9.97 Å². The number of hydrogen-bond acceptors (Lipinski definition) is 5. The maximum absolute atomic E-state index is 4.39. The second kappa shape index (κ2) is 8.34. The van der Waals surface area contributed by atoms with E-state index in [1.165, 1.54) is 14.2 Å². The first-order chi connectivity index (χ1) is 10.2. The topological polar surface area (TPSA) is 49.8 Å². The van der Waals surface area contributed by atoms with E-state index < -0.39 is 0 Å². The minimum absolute atomic E-state index is 0.879. The monoisotopic (exact) mass is 368 g/mol. The fraction of sp³-hybridized carbons (Fsp3) is 0.467. The van der Waals surface area contributed by atoms with E-state index in [0.29, 0.717) is 0 Å². The molecule has 0 atom stereocenters. The summed E-state index contributed by atoms with van der Waals surface area (Å²) in [6.45, 7) is 6.10. The summed E-state index contributed by atoms with van der Waals surface area (Å²) >= 11 is 5.27. The van der Waals surface area contributed by atoms with Gasteiger partial charge in [0.25, 0.3) is 0 Å². The lowest BCUT2D eigenvalue weighted by molar-refractivity contribution is 0.940. The molecule has 0 amide bonds. The standard InChI is InChI=1S/C15H21BrN4S/c1-3-8-17-14-12(4-2)15(20-10-19-14)18-9-7-11-5-6-13(16)21-11/h5-6,10H,3-4,7-9H2,1-2H3,(H2,17,18,19,20). The third-order valence-corrected chi connectivity index (χ3v) is 4.82. The summed E-state index contributed by atoms with van der Waals surface area (Å²) < 4.78 is 1.18. The molecule has 0 aromatic carbocycles. The van der Waals surface area contributed by atoms with Gasteiger partial charge in [0.2, 0.25) is 0 Å². The first-order valence-electron chi connectivity index (χ1n) is 7.30. The van der Waals surface area contributed by atoms with Gasteiger partial charge in [-0.05, 0) is 47.3 Å². The van der Waals surface area contributed by atoms with Crippen LogP contribution in [0.1, 0.15) is 30.7 Å². The average Bonchev–Trinajstić information content (AvgIpc) is 2.90. The van der Waals surface area contributed by atoms with Crippen LogP contribution in [0.25, 0.3) is 0 Å². The number of hydrogen-bond donors (Lipinski definition) is 2. The first kappa shape index (κ1) is 16.2. The molecule has 4 nitrogen and oxygen atoms in total. The Morgan fingerprint density at radius 3 is 2.38 bits per heavy atom. The van der Waals surface area contributed by atoms with Crippen LogP contribution in [0.15, 0.2) is 22.2 Å². The molecule has 0 bridgehead atoms. The molecule has 2 aromatic rings. The van der Waals surface area contributed by atoms with Crippen molar-refractivity contribution in [2.45, 2.75) is 33.1 Å². The van der Waals surface area contributed by atoms with Gasteiger partial charge in [-0.15, -0.1) is 11.3 Å². The molecular weight excluding hydrogens is 348 g/mol. The maximum Gasteiger partial charge on any atom is 0.134 e. The summed E-state index contributed by atoms with van der Waals surface area (Å²) in [4.78, 5) is 10.1. The van der Waals surface area contributed by atoms with Crippen LogP contribution >= 0.6 is 27.3 Å². The van der Waals surface area contributed by atoms with Gasteiger partial charge in [0, 0.05) is 23.5 Å². The van der Waals surface area contributed by atoms with Crippen molar-refractivity contribution in [3.05, 3.63) is 32.7 Å². The van der Waals surface area contributed by atoms with E-state index in [1.807, 2.05) is 0 Å². The highest BCUT2D eigenvalue weighted by Gasteiger charge is 2.09. The Labute approximate surface area is 138 Å². The molecule has 0 saturated heterocycles. The molecule has 0 fully saturated rings. The minimum Gasteiger partial charge on any atom is -0.370 e. The lowest BCUT2D eigenvalue weighted by atomic mass is 10.2. The molecule has 0 aliphatic rings. The van der Waals surface area contributed by atoms with Crippen LogP contribution in [0.3, 0.4) is 0 Å². The Morgan fingerprint density at radius 1 is 1.10 bits per heavy atom. The highest BCUT2D eigenvalue weighted by Crippen LogP contribution is 2.23. The zero-order chi connectivity index (χ0) is 15.1. The predicted molar refractivity (Wildman–Crippen MR) is 94.4 cm³/mol. The lowest BCUT2D eigenvalue weighted by Crippen LogP contribution is -2.12. The van der Waals surface area contributed by atoms with E-state index in [9.17, 15) is 0 Å². The van der Waals surface area contributed by atoms with Gasteiger partial charge < -0.3 is 10.6 Å². The zero-order valence-corrected chi connectivity index (χ0v) is 14.9. The van der Waals surface area contributed by atoms with Crippen LogP contribution in [0.2, 0.25) is 0 Å². The van der Waals surface area contributed by atoms with Crippen LogP contribution in [0.5, 0.6) is 0 Å². The van der Waals surface area contributed by atoms with Crippen LogP contribution in [-0.2, 0) is 12.8 Å². The number of rotatable bonds is 8. The molecular formula is C15H21BrN4S. The molecule has 2 rings (SSSR count). The number of halogens is 1. The van der Waals surface area contributed by atoms with E-state index in [2.05, 4.69) is 62.5 Å². The van der Waals surface area contributed by atoms with Gasteiger partial charge in [-0.2, -0.15) is 0 Å². The number of aromatic nitrogens is 2. The van der Waals surface area contributed by atoms with Crippen molar-refractivity contribution in [1.29, 1.82) is 0 Å². The second-order valence-electron chi connectivity index (χ2n) is 4.71. The molecule has 6 heteroatoms. The molecule has 0 aliphatic heterocycles. The lowest BCUT2D eigenvalue weighted by Gasteiger charge is -2.13. The normalized spacial score (nSPS) is 10.6. The van der Waals surface area contributed by atoms with E-state index >= 15 is 0 Å². The molecule has 0 unspecified atom stereocenters. The molecule has 0 radical (unpaired) electrons. The van der Waals surface area contributed by atoms with Crippen molar-refractivity contribution >= 4 is 38.9 Å². The third kappa shape index (κ3) is 4.68. The van der Waals surface area contributed by atoms with Crippen molar-refractivity contribution in [3.8, 4) is 0 Å². The predicted octanol–water partition coefficient (Wildman–Crippen LogP) is 4.34. The number of nitrogens with one attached hydrogen (secondary N) is 2. The molecule has 0 saturated carbocycles. The summed E-state index contributed by atoms with van der Waals surface area (Å²) in [6.07, 6.45) is 4.63. The highest BCUT2D eigenvalue weighted by molar-refractivity contribution is 9.11. The van der Waals surface area contributed by atoms with Crippen molar-refractivity contribution in [2.75, 3.05) is 23.7 Å². The Bertz CT molecular complexity index is 571. The van der Waals surface area contributed by atoms with Gasteiger partial charge in [-0.3, -0.25) is 0 Å². The summed E-state index contributed by atoms with van der Waals surface area (Å²) in [5, 5.41) is 6.81. The highest BCUT2D eigenvalue weighted by atomic mass is 79.9. The zero-order valence-electron chi connectivity index (χ0n) is 12.4. The Kier molecular flexibility index (Phi) is 6.45. The van der Waals surface area contributed by atoms with Crippen LogP contribution in [0.4, 0.5) is 11.6 Å². The molecule has 2 heterocycles. The third-order valence-electron chi connectivity index (χ3n) is 3.13. The van der Waals surface area contributed by atoms with Crippen molar-refractivity contribution in [3.63, 3.8) is 0 Å². The summed E-state index contributed by atoms with van der Waals surface area (Å²) in [5.41, 5.74) is 1.17. The molecule has 2 N–H and O–H groups in total. The largest absolute Gasteiger partial charge is 0.370 e. The van der Waals surface area contributed by atoms with Crippen molar-refractivity contribution in [2.24, 2.45) is 0 Å². The first-order valence-corrected chi connectivity index (χ1v) is 8.91. The molecule has 0 spiro atoms. The van der Waals surface area contributed by atoms with Gasteiger partial charge in [0.15, 0.2) is 0 Å². The smallest absolute Gasteiger partial charge is 0.134 e. The number of nitrogens with zero attached hydrogens (tertiary/aromatic N) is 2. The van der Waals surface area contributed by atoms with Gasteiger partial charge in [-0.1, -0.05) is 13.8 Å². The van der Waals surface area contributed by atoms with Crippen LogP contribution in [-0.4, -0.2) is 23.1 Å². The van der Waals surface area contributed by atoms with Crippen LogP contribution in [0, 0.1) is 0 Å². The fourth-order valence-corrected chi connectivity index (χ4v) is 3.57. The SMILES string of the molecule is CCCNc1ncnc(NCCc2ccc(Br)s2)c1CC. The molecule has 0 aliphatic carbocycles. The number of thiophene rings is 1. The molecule has 2 aromatic heterocycles. The quantitative estimate of drug-likeness (QED) is 0.727. The molecule has 21 heavy (non-hydrogen) atoms. The summed E-state index contributed by atoms with van der Waals surface area (Å²) in [5.74, 6) is 1.90. The average molecular weight is 369 g/mol. The Hall–Kier alpha value is -1.14. The summed E-state index contributed by atoms with van der Waals surface area (Å²) in [6, 6.07) is 4.25. The Morgan fingerprint density at radius 2 is 1.81 bits per heavy atom. The molecule has 114 valence electrons. The van der Waals surface area contributed by atoms with E-state index in [4.69, 9.17) is 0 Å². The maximum atomic E-state index is 4.39. The fourth-order valence-electron chi connectivity index (χ4n) is 2.09. The second-order valence-corrected chi connectivity index (χ2v) is 7.26. The number of anilines is 2. The van der Waals surface area contributed by atoms with Gasteiger partial charge in [0.1, 0.15) is 18.0 Å². The minimum atomic E-state index is 0.879. The van der Waals surface area contributed by atoms with Crippen molar-refractivity contribution in [1.82, 2.24) is 9.97 Å². The van der Waals surface area contributed by atoms with E-state index in [-0.39, 0.29) is 0 Å².